The van der Waals surface area contributed by atoms with Crippen molar-refractivity contribution in [3.63, 3.8) is 0 Å². The van der Waals surface area contributed by atoms with Gasteiger partial charge < -0.3 is 9.47 Å². The van der Waals surface area contributed by atoms with Crippen LogP contribution in [0.4, 0.5) is 4.39 Å². The van der Waals surface area contributed by atoms with Crippen molar-refractivity contribution in [3.05, 3.63) is 17.6 Å². The van der Waals surface area contributed by atoms with E-state index >= 15 is 0 Å². The van der Waals surface area contributed by atoms with Crippen molar-refractivity contribution in [3.8, 4) is 11.6 Å². The maximum atomic E-state index is 14.2. The fourth-order valence-electron chi connectivity index (χ4n) is 2.95. The van der Waals surface area contributed by atoms with Gasteiger partial charge in [-0.15, -0.1) is 0 Å². The van der Waals surface area contributed by atoms with Crippen LogP contribution in [0.5, 0.6) is 11.6 Å². The monoisotopic (exact) mass is 266 g/mol. The van der Waals surface area contributed by atoms with Gasteiger partial charge in [0.2, 0.25) is 0 Å². The fourth-order valence-corrected chi connectivity index (χ4v) is 2.95. The zero-order chi connectivity index (χ0) is 13.4. The van der Waals surface area contributed by atoms with Gasteiger partial charge in [-0.25, -0.2) is 9.37 Å². The number of rotatable bonds is 2. The Bertz CT molecular complexity index is 481. The molecule has 1 aromatic rings. The third-order valence-electron chi connectivity index (χ3n) is 4.01. The summed E-state index contributed by atoms with van der Waals surface area (Å²) in [7, 11) is 0. The van der Waals surface area contributed by atoms with Crippen molar-refractivity contribution < 1.29 is 13.9 Å². The Kier molecular flexibility index (Phi) is 3.31. The van der Waals surface area contributed by atoms with Gasteiger partial charge in [0.1, 0.15) is 19.0 Å². The maximum absolute atomic E-state index is 14.2. The van der Waals surface area contributed by atoms with Gasteiger partial charge in [-0.3, -0.25) is 4.90 Å². The molecule has 1 fully saturated rings. The van der Waals surface area contributed by atoms with Gasteiger partial charge in [0, 0.05) is 12.1 Å². The normalized spacial score (nSPS) is 24.5. The number of hydrogen-bond acceptors (Lipinski definition) is 4. The smallest absolute Gasteiger partial charge is 0.257 e. The molecule has 3 rings (SSSR count). The molecule has 19 heavy (non-hydrogen) atoms. The van der Waals surface area contributed by atoms with E-state index in [4.69, 9.17) is 9.47 Å². The largest absolute Gasteiger partial charge is 0.484 e. The van der Waals surface area contributed by atoms with Gasteiger partial charge in [0.05, 0.1) is 11.7 Å². The number of halogens is 1. The average molecular weight is 266 g/mol. The van der Waals surface area contributed by atoms with Crippen molar-refractivity contribution >= 4 is 0 Å². The summed E-state index contributed by atoms with van der Waals surface area (Å²) in [6.07, 6.45) is 2.33. The second kappa shape index (κ2) is 4.96. The number of pyridine rings is 1. The SMILES string of the molecule is CC(c1nc2c(cc1F)OCCO2)N1CCC[C@@H]1C. The Hall–Kier alpha value is -1.36. The Morgan fingerprint density at radius 2 is 2.21 bits per heavy atom. The minimum atomic E-state index is -0.309. The topological polar surface area (TPSA) is 34.6 Å². The molecule has 4 nitrogen and oxygen atoms in total. The Balaban J connectivity index is 1.91. The highest BCUT2D eigenvalue weighted by Crippen LogP contribution is 2.35. The van der Waals surface area contributed by atoms with E-state index in [-0.39, 0.29) is 11.9 Å². The number of aromatic nitrogens is 1. The van der Waals surface area contributed by atoms with Gasteiger partial charge >= 0.3 is 0 Å². The van der Waals surface area contributed by atoms with Crippen LogP contribution in [0.15, 0.2) is 6.07 Å². The van der Waals surface area contributed by atoms with Crippen molar-refractivity contribution in [2.45, 2.75) is 38.8 Å². The van der Waals surface area contributed by atoms with Gasteiger partial charge in [0.25, 0.3) is 5.88 Å². The molecule has 0 radical (unpaired) electrons. The van der Waals surface area contributed by atoms with Crippen molar-refractivity contribution in [1.82, 2.24) is 9.88 Å². The van der Waals surface area contributed by atoms with E-state index in [9.17, 15) is 4.39 Å². The summed E-state index contributed by atoms with van der Waals surface area (Å²) < 4.78 is 25.0. The average Bonchev–Trinajstić information content (AvgIpc) is 2.83. The lowest BCUT2D eigenvalue weighted by molar-refractivity contribution is 0.157. The number of nitrogens with zero attached hydrogens (tertiary/aromatic N) is 2. The number of hydrogen-bond donors (Lipinski definition) is 0. The highest BCUT2D eigenvalue weighted by atomic mass is 19.1. The Morgan fingerprint density at radius 3 is 2.95 bits per heavy atom. The summed E-state index contributed by atoms with van der Waals surface area (Å²) in [6.45, 7) is 6.10. The maximum Gasteiger partial charge on any atom is 0.257 e. The molecule has 3 heterocycles. The summed E-state index contributed by atoms with van der Waals surface area (Å²) >= 11 is 0. The molecule has 2 atom stereocenters. The van der Waals surface area contributed by atoms with Gasteiger partial charge in [-0.2, -0.15) is 0 Å². The summed E-state index contributed by atoms with van der Waals surface area (Å²) in [4.78, 5) is 6.62. The Labute approximate surface area is 112 Å². The van der Waals surface area contributed by atoms with Gasteiger partial charge in [0.15, 0.2) is 5.75 Å². The zero-order valence-corrected chi connectivity index (χ0v) is 11.4. The van der Waals surface area contributed by atoms with Gasteiger partial charge in [-0.1, -0.05) is 0 Å². The first-order chi connectivity index (χ1) is 9.16. The number of ether oxygens (including phenoxy) is 2. The first-order valence-electron chi connectivity index (χ1n) is 6.88. The molecule has 1 aromatic heterocycles. The van der Waals surface area contributed by atoms with Crippen LogP contribution < -0.4 is 9.47 Å². The molecule has 5 heteroatoms. The van der Waals surface area contributed by atoms with Crippen LogP contribution in [0.3, 0.4) is 0 Å². The standard InChI is InChI=1S/C14H19FN2O2/c1-9-4-3-5-17(9)10(2)13-11(15)8-12-14(16-13)19-7-6-18-12/h8-10H,3-7H2,1-2H3/t9-,10?/m0/s1. The van der Waals surface area contributed by atoms with Crippen LogP contribution in [-0.4, -0.2) is 35.7 Å². The third kappa shape index (κ3) is 2.27. The number of likely N-dealkylation sites (tertiary alicyclic amines) is 1. The second-order valence-corrected chi connectivity index (χ2v) is 5.26. The summed E-state index contributed by atoms with van der Waals surface area (Å²) in [5.74, 6) is 0.520. The lowest BCUT2D eigenvalue weighted by Gasteiger charge is -2.29. The number of fused-ring (bicyclic) bond motifs is 1. The third-order valence-corrected chi connectivity index (χ3v) is 4.01. The van der Waals surface area contributed by atoms with E-state index in [1.54, 1.807) is 0 Å². The van der Waals surface area contributed by atoms with Crippen molar-refractivity contribution in [2.24, 2.45) is 0 Å². The van der Waals surface area contributed by atoms with E-state index in [2.05, 4.69) is 16.8 Å². The molecule has 0 spiro atoms. The molecule has 0 bridgehead atoms. The molecule has 0 aromatic carbocycles. The molecular weight excluding hydrogens is 247 g/mol. The zero-order valence-electron chi connectivity index (χ0n) is 11.4. The summed E-state index contributed by atoms with van der Waals surface area (Å²) in [6, 6.07) is 1.84. The van der Waals surface area contributed by atoms with E-state index in [1.807, 2.05) is 6.92 Å². The first kappa shape index (κ1) is 12.7. The van der Waals surface area contributed by atoms with Crippen LogP contribution in [0.2, 0.25) is 0 Å². The molecule has 104 valence electrons. The summed E-state index contributed by atoms with van der Waals surface area (Å²) in [5, 5.41) is 0. The molecule has 0 N–H and O–H groups in total. The lowest BCUT2D eigenvalue weighted by Crippen LogP contribution is -2.31. The molecular formula is C14H19FN2O2. The second-order valence-electron chi connectivity index (χ2n) is 5.26. The van der Waals surface area contributed by atoms with Crippen molar-refractivity contribution in [1.29, 1.82) is 0 Å². The fraction of sp³-hybridized carbons (Fsp3) is 0.643. The predicted molar refractivity (Wildman–Crippen MR) is 69.0 cm³/mol. The molecule has 1 unspecified atom stereocenters. The van der Waals surface area contributed by atoms with Crippen LogP contribution in [0.1, 0.15) is 38.4 Å². The quantitative estimate of drug-likeness (QED) is 0.824. The molecule has 2 aliphatic rings. The van der Waals surface area contributed by atoms with Crippen LogP contribution in [0, 0.1) is 5.82 Å². The highest BCUT2D eigenvalue weighted by Gasteiger charge is 2.30. The van der Waals surface area contributed by atoms with Gasteiger partial charge in [-0.05, 0) is 33.2 Å². The minimum Gasteiger partial charge on any atom is -0.484 e. The minimum absolute atomic E-state index is 0.0340. The summed E-state index contributed by atoms with van der Waals surface area (Å²) in [5.41, 5.74) is 0.456. The molecule has 2 aliphatic heterocycles. The molecule has 0 saturated carbocycles. The highest BCUT2D eigenvalue weighted by molar-refractivity contribution is 5.37. The van der Waals surface area contributed by atoms with E-state index < -0.39 is 0 Å². The lowest BCUT2D eigenvalue weighted by atomic mass is 10.1. The van der Waals surface area contributed by atoms with E-state index in [0.29, 0.717) is 36.6 Å². The Morgan fingerprint density at radius 1 is 1.42 bits per heavy atom. The molecule has 0 amide bonds. The molecule has 0 aliphatic carbocycles. The van der Waals surface area contributed by atoms with Crippen molar-refractivity contribution in [2.75, 3.05) is 19.8 Å². The van der Waals surface area contributed by atoms with E-state index in [0.717, 1.165) is 19.4 Å². The predicted octanol–water partition coefficient (Wildman–Crippen LogP) is 2.54. The van der Waals surface area contributed by atoms with Crippen LogP contribution in [-0.2, 0) is 0 Å². The molecule has 1 saturated heterocycles. The van der Waals surface area contributed by atoms with Crippen LogP contribution >= 0.6 is 0 Å². The first-order valence-corrected chi connectivity index (χ1v) is 6.88. The van der Waals surface area contributed by atoms with Crippen LogP contribution in [0.25, 0.3) is 0 Å². The van der Waals surface area contributed by atoms with E-state index in [1.165, 1.54) is 6.07 Å².